The van der Waals surface area contributed by atoms with Crippen molar-refractivity contribution < 1.29 is 28.6 Å². The lowest BCUT2D eigenvalue weighted by Gasteiger charge is -2.26. The van der Waals surface area contributed by atoms with Crippen molar-refractivity contribution in [2.75, 3.05) is 19.1 Å². The van der Waals surface area contributed by atoms with Crippen LogP contribution >= 0.6 is 23.2 Å². The van der Waals surface area contributed by atoms with Crippen molar-refractivity contribution in [1.82, 2.24) is 0 Å². The first-order chi connectivity index (χ1) is 16.7. The van der Waals surface area contributed by atoms with Crippen LogP contribution in [0.3, 0.4) is 0 Å². The monoisotopic (exact) mass is 515 g/mol. The fraction of sp³-hybridized carbons (Fsp3) is 0.154. The highest BCUT2D eigenvalue weighted by molar-refractivity contribution is 6.52. The molecular weight excluding hydrogens is 496 g/mol. The number of ether oxygens (including phenoxy) is 2. The zero-order valence-electron chi connectivity index (χ0n) is 18.9. The molecule has 1 amide bonds. The Balaban J connectivity index is 2.05. The Morgan fingerprint density at radius 3 is 2.31 bits per heavy atom. The average Bonchev–Trinajstić information content (AvgIpc) is 3.09. The summed E-state index contributed by atoms with van der Waals surface area (Å²) >= 11 is 12.6. The number of aliphatic hydroxyl groups excluding tert-OH is 1. The smallest absolute Gasteiger partial charge is 0.300 e. The first kappa shape index (κ1) is 24.6. The van der Waals surface area contributed by atoms with Gasteiger partial charge in [0, 0.05) is 11.3 Å². The number of aliphatic hydroxyl groups is 1. The van der Waals surface area contributed by atoms with E-state index in [0.717, 1.165) is 5.56 Å². The van der Waals surface area contributed by atoms with Crippen LogP contribution in [0.15, 0.2) is 60.2 Å². The molecule has 9 heteroatoms. The first-order valence-corrected chi connectivity index (χ1v) is 11.2. The Morgan fingerprint density at radius 1 is 1.00 bits per heavy atom. The second-order valence-electron chi connectivity index (χ2n) is 7.82. The molecule has 0 aromatic heterocycles. The average molecular weight is 516 g/mol. The Kier molecular flexibility index (Phi) is 6.74. The van der Waals surface area contributed by atoms with Crippen molar-refractivity contribution >= 4 is 46.3 Å². The molecule has 6 nitrogen and oxygen atoms in total. The maximum Gasteiger partial charge on any atom is 0.300 e. The van der Waals surface area contributed by atoms with Crippen molar-refractivity contribution in [1.29, 1.82) is 0 Å². The van der Waals surface area contributed by atoms with Gasteiger partial charge in [0.15, 0.2) is 11.5 Å². The number of hydrogen-bond acceptors (Lipinski definition) is 5. The summed E-state index contributed by atoms with van der Waals surface area (Å²) in [5, 5.41) is 11.4. The molecule has 0 radical (unpaired) electrons. The number of Topliss-reactive ketones (excluding diaryl/α,β-unsaturated/α-hetero) is 1. The van der Waals surface area contributed by atoms with Crippen LogP contribution in [-0.4, -0.2) is 31.0 Å². The number of anilines is 1. The molecule has 180 valence electrons. The normalized spacial score (nSPS) is 17.1. The fourth-order valence-electron chi connectivity index (χ4n) is 4.16. The molecule has 1 heterocycles. The van der Waals surface area contributed by atoms with E-state index in [4.69, 9.17) is 32.7 Å². The van der Waals surface area contributed by atoms with Gasteiger partial charge in [0.05, 0.1) is 36.4 Å². The standard InChI is InChI=1S/C26H20Cl2FNO5/c1-13-7-6-8-14(11-13)30-21(15-9-4-5-10-18(15)29)19(23(32)26(30)33)22(31)16-12-17(27)25(35-3)20(28)24(16)34-2/h4-12,21,31H,1-3H3/b22-19+. The zero-order chi connectivity index (χ0) is 25.4. The number of ketones is 1. The van der Waals surface area contributed by atoms with Crippen molar-refractivity contribution in [3.05, 3.63) is 92.7 Å². The third kappa shape index (κ3) is 4.11. The second-order valence-corrected chi connectivity index (χ2v) is 8.60. The lowest BCUT2D eigenvalue weighted by molar-refractivity contribution is -0.132. The van der Waals surface area contributed by atoms with E-state index < -0.39 is 29.3 Å². The van der Waals surface area contributed by atoms with Crippen LogP contribution in [0.4, 0.5) is 10.1 Å². The Hall–Kier alpha value is -3.55. The van der Waals surface area contributed by atoms with E-state index in [-0.39, 0.29) is 38.2 Å². The summed E-state index contributed by atoms with van der Waals surface area (Å²) in [6.07, 6.45) is 0. The number of hydrogen-bond donors (Lipinski definition) is 1. The summed E-state index contributed by atoms with van der Waals surface area (Å²) < 4.78 is 25.6. The molecule has 1 saturated heterocycles. The molecule has 4 rings (SSSR count). The summed E-state index contributed by atoms with van der Waals surface area (Å²) in [6, 6.07) is 12.6. The van der Waals surface area contributed by atoms with Crippen LogP contribution in [0.1, 0.15) is 22.7 Å². The Bertz CT molecular complexity index is 1390. The maximum atomic E-state index is 15.0. The van der Waals surface area contributed by atoms with Gasteiger partial charge < -0.3 is 14.6 Å². The van der Waals surface area contributed by atoms with Gasteiger partial charge in [-0.2, -0.15) is 0 Å². The van der Waals surface area contributed by atoms with E-state index >= 15 is 4.39 Å². The maximum absolute atomic E-state index is 15.0. The van der Waals surface area contributed by atoms with Crippen molar-refractivity contribution in [3.8, 4) is 11.5 Å². The molecule has 0 bridgehead atoms. The molecule has 0 aliphatic carbocycles. The van der Waals surface area contributed by atoms with E-state index in [1.807, 2.05) is 13.0 Å². The van der Waals surface area contributed by atoms with Crippen molar-refractivity contribution in [2.45, 2.75) is 13.0 Å². The Morgan fingerprint density at radius 2 is 1.69 bits per heavy atom. The summed E-state index contributed by atoms with van der Waals surface area (Å²) in [4.78, 5) is 27.7. The van der Waals surface area contributed by atoms with E-state index in [1.165, 1.54) is 43.4 Å². The van der Waals surface area contributed by atoms with Gasteiger partial charge in [-0.25, -0.2) is 4.39 Å². The molecule has 1 N–H and O–H groups in total. The fourth-order valence-corrected chi connectivity index (χ4v) is 4.85. The topological polar surface area (TPSA) is 76.1 Å². The van der Waals surface area contributed by atoms with E-state index in [9.17, 15) is 14.7 Å². The molecule has 1 atom stereocenters. The number of carbonyl (C=O) groups excluding carboxylic acids is 2. The lowest BCUT2D eigenvalue weighted by Crippen LogP contribution is -2.29. The van der Waals surface area contributed by atoms with E-state index in [0.29, 0.717) is 5.69 Å². The van der Waals surface area contributed by atoms with Gasteiger partial charge in [-0.05, 0) is 36.8 Å². The van der Waals surface area contributed by atoms with Crippen LogP contribution in [0, 0.1) is 12.7 Å². The van der Waals surface area contributed by atoms with Gasteiger partial charge in [0.25, 0.3) is 11.7 Å². The number of amides is 1. The molecule has 0 saturated carbocycles. The van der Waals surface area contributed by atoms with E-state index in [2.05, 4.69) is 0 Å². The molecule has 0 spiro atoms. The highest BCUT2D eigenvalue weighted by Gasteiger charge is 2.48. The first-order valence-electron chi connectivity index (χ1n) is 10.4. The number of methoxy groups -OCH3 is 2. The van der Waals surface area contributed by atoms with Gasteiger partial charge >= 0.3 is 0 Å². The highest BCUT2D eigenvalue weighted by atomic mass is 35.5. The number of benzene rings is 3. The largest absolute Gasteiger partial charge is 0.507 e. The predicted molar refractivity (Wildman–Crippen MR) is 132 cm³/mol. The molecule has 3 aromatic carbocycles. The molecular formula is C26H20Cl2FNO5. The third-order valence-electron chi connectivity index (χ3n) is 5.72. The second kappa shape index (κ2) is 9.60. The van der Waals surface area contributed by atoms with Gasteiger partial charge in [0.1, 0.15) is 16.6 Å². The van der Waals surface area contributed by atoms with Crippen molar-refractivity contribution in [2.24, 2.45) is 0 Å². The molecule has 35 heavy (non-hydrogen) atoms. The number of rotatable bonds is 5. The predicted octanol–water partition coefficient (Wildman–Crippen LogP) is 6.08. The molecule has 3 aromatic rings. The number of nitrogens with zero attached hydrogens (tertiary/aromatic N) is 1. The number of carbonyl (C=O) groups is 2. The van der Waals surface area contributed by atoms with Crippen LogP contribution in [-0.2, 0) is 9.59 Å². The van der Waals surface area contributed by atoms with Gasteiger partial charge in [-0.15, -0.1) is 0 Å². The number of aryl methyl sites for hydroxylation is 1. The lowest BCUT2D eigenvalue weighted by atomic mass is 9.94. The van der Waals surface area contributed by atoms with Gasteiger partial charge in [-0.3, -0.25) is 14.5 Å². The van der Waals surface area contributed by atoms with Crippen LogP contribution in [0.2, 0.25) is 10.0 Å². The number of halogens is 3. The minimum absolute atomic E-state index is 0.0272. The van der Waals surface area contributed by atoms with E-state index in [1.54, 1.807) is 24.3 Å². The Labute approximate surface area is 211 Å². The summed E-state index contributed by atoms with van der Waals surface area (Å²) in [5.41, 5.74) is 0.841. The van der Waals surface area contributed by atoms with Gasteiger partial charge in [0.2, 0.25) is 0 Å². The quantitative estimate of drug-likeness (QED) is 0.253. The SMILES string of the molecule is COc1c(Cl)cc(/C(O)=C2\C(=O)C(=O)N(c3cccc(C)c3)C2c2ccccc2F)c(OC)c1Cl. The van der Waals surface area contributed by atoms with Gasteiger partial charge in [-0.1, -0.05) is 53.5 Å². The molecule has 1 fully saturated rings. The summed E-state index contributed by atoms with van der Waals surface area (Å²) in [5.74, 6) is -3.11. The summed E-state index contributed by atoms with van der Waals surface area (Å²) in [6.45, 7) is 1.82. The minimum Gasteiger partial charge on any atom is -0.507 e. The minimum atomic E-state index is -1.26. The van der Waals surface area contributed by atoms with Crippen LogP contribution in [0.5, 0.6) is 11.5 Å². The molecule has 1 unspecified atom stereocenters. The van der Waals surface area contributed by atoms with Crippen LogP contribution < -0.4 is 14.4 Å². The highest BCUT2D eigenvalue weighted by Crippen LogP contribution is 2.48. The zero-order valence-corrected chi connectivity index (χ0v) is 20.4. The molecule has 1 aliphatic rings. The van der Waals surface area contributed by atoms with Crippen LogP contribution in [0.25, 0.3) is 5.76 Å². The molecule has 1 aliphatic heterocycles. The summed E-state index contributed by atoms with van der Waals surface area (Å²) in [7, 11) is 2.67. The van der Waals surface area contributed by atoms with Crippen molar-refractivity contribution in [3.63, 3.8) is 0 Å². The third-order valence-corrected chi connectivity index (χ3v) is 6.34.